The van der Waals surface area contributed by atoms with Crippen LogP contribution in [0.3, 0.4) is 0 Å². The normalized spacial score (nSPS) is 29.7. The Bertz CT molecular complexity index is 5740. The largest absolute Gasteiger partial charge is 0.455 e. The molecule has 6 aliphatic carbocycles. The number of amides is 2. The number of ether oxygens (including phenoxy) is 12. The van der Waals surface area contributed by atoms with Gasteiger partial charge in [0, 0.05) is 88.2 Å². The summed E-state index contributed by atoms with van der Waals surface area (Å²) in [5.74, 6) is -15.8. The molecule has 23 atom stereocenters. The van der Waals surface area contributed by atoms with E-state index in [4.69, 9.17) is 56.8 Å². The van der Waals surface area contributed by atoms with Crippen LogP contribution in [0.15, 0.2) is 217 Å². The number of rotatable bonds is 31. The zero-order valence-electron chi connectivity index (χ0n) is 79.9. The van der Waals surface area contributed by atoms with Crippen molar-refractivity contribution in [1.29, 1.82) is 0 Å². The maximum atomic E-state index is 15.7. The summed E-state index contributed by atoms with van der Waals surface area (Å²) in [6.07, 6.45) is -20.6. The van der Waals surface area contributed by atoms with Gasteiger partial charge < -0.3 is 98.1 Å². The summed E-state index contributed by atoms with van der Waals surface area (Å²) < 4.78 is 73.4. The third kappa shape index (κ3) is 20.1. The smallest absolute Gasteiger partial charge is 0.350 e. The highest BCUT2D eigenvalue weighted by Gasteiger charge is 2.81. The fraction of sp³-hybridized carbons (Fsp3) is 0.472. The first-order valence-corrected chi connectivity index (χ1v) is 46.6. The topological polar surface area (TPSA) is 495 Å². The maximum Gasteiger partial charge on any atom is 0.350 e. The van der Waals surface area contributed by atoms with Gasteiger partial charge >= 0.3 is 59.7 Å². The van der Waals surface area contributed by atoms with Crippen molar-refractivity contribution >= 4 is 83.1 Å². The van der Waals surface area contributed by atoms with Gasteiger partial charge in [-0.3, -0.25) is 47.9 Å². The molecular formula is C106H120N2O32. The lowest BCUT2D eigenvalue weighted by Gasteiger charge is -2.67. The number of ketones is 2. The third-order valence-corrected chi connectivity index (χ3v) is 29.4. The van der Waals surface area contributed by atoms with Crippen molar-refractivity contribution in [2.24, 2.45) is 33.5 Å². The number of allylic oxidation sites excluding steroid dienone is 1. The number of Topliss-reactive ketones (excluding diaryl/α,β-unsaturated/α-hetero) is 2. The average molecular weight is 1930 g/mol. The third-order valence-electron chi connectivity index (χ3n) is 29.4. The molecule has 4 bridgehead atoms. The Morgan fingerprint density at radius 3 is 1.10 bits per heavy atom. The lowest BCUT2D eigenvalue weighted by atomic mass is 9.44. The van der Waals surface area contributed by atoms with Gasteiger partial charge in [-0.05, 0) is 135 Å². The van der Waals surface area contributed by atoms with Crippen LogP contribution >= 0.6 is 0 Å². The second kappa shape index (κ2) is 42.3. The van der Waals surface area contributed by atoms with E-state index in [1.54, 1.807) is 166 Å². The van der Waals surface area contributed by atoms with E-state index in [2.05, 4.69) is 17.2 Å². The lowest BCUT2D eigenvalue weighted by Crippen LogP contribution is -2.82. The molecule has 8 aliphatic rings. The van der Waals surface area contributed by atoms with Crippen molar-refractivity contribution in [2.75, 3.05) is 19.8 Å². The van der Waals surface area contributed by atoms with E-state index in [1.165, 1.54) is 77.9 Å². The van der Waals surface area contributed by atoms with Crippen molar-refractivity contribution in [3.8, 4) is 0 Å². The Morgan fingerprint density at radius 1 is 0.464 bits per heavy atom. The highest BCUT2D eigenvalue weighted by Crippen LogP contribution is 2.67. The van der Waals surface area contributed by atoms with Crippen molar-refractivity contribution < 1.29 is 155 Å². The molecule has 8 N–H and O–H groups in total. The van der Waals surface area contributed by atoms with Gasteiger partial charge in [0.25, 0.3) is 11.8 Å². The first kappa shape index (κ1) is 105. The molecule has 2 aliphatic heterocycles. The number of nitrogens with one attached hydrogen (secondary N) is 2. The van der Waals surface area contributed by atoms with E-state index in [0.717, 1.165) is 27.7 Å². The number of esters is 10. The maximum absolute atomic E-state index is 15.7. The SMILES string of the molecule is C=CCCCC(=O)O[C@@H](C(=O)O[C@H]1C[C@@]2(O)[C@@H](OC(=O)c3ccccc3)[C@@H]3[C@]4(OC(C)=O)CO[C@@H]4C[C@H](O)[C@@]3(C)C(=O)[C@H](OC(C)=O)C(=C1C)C2(C)C)[C@@H](NC(=O)c1ccccc1)c1ccccc1.CC(=O)O[C@H]1C(=O)[C@@]2(C)[C@H]([C@H](OC(=O)c3ccccc3)[C@]3(O)C[C@H](OC(=O)[C@H](OC(=O)CCCC(O)CO)[C@@H](NC(=O)c4ccccc4)c4ccccc4)C(C)=C1C3(C)C)[C@]1(OC(C)=O)CO[C@@H]1C[C@@H]2O. The Hall–Kier alpha value is -12.8. The molecule has 2 heterocycles. The second-order valence-electron chi connectivity index (χ2n) is 38.5. The zero-order chi connectivity index (χ0) is 102. The summed E-state index contributed by atoms with van der Waals surface area (Å²) in [5, 5.41) is 77.2. The molecule has 2 saturated heterocycles. The molecule has 6 aromatic rings. The van der Waals surface area contributed by atoms with Gasteiger partial charge in [-0.25, -0.2) is 19.2 Å². The van der Waals surface area contributed by atoms with Crippen LogP contribution in [0, 0.1) is 33.5 Å². The minimum atomic E-state index is -2.48. The van der Waals surface area contributed by atoms with Crippen molar-refractivity contribution in [3.63, 3.8) is 0 Å². The van der Waals surface area contributed by atoms with Gasteiger partial charge in [0.15, 0.2) is 35.0 Å². The zero-order valence-corrected chi connectivity index (χ0v) is 79.9. The van der Waals surface area contributed by atoms with E-state index in [0.29, 0.717) is 24.0 Å². The van der Waals surface area contributed by atoms with Gasteiger partial charge in [-0.2, -0.15) is 0 Å². The number of aliphatic hydroxyl groups excluding tert-OH is 4. The summed E-state index contributed by atoms with van der Waals surface area (Å²) in [6, 6.07) is 45.5. The summed E-state index contributed by atoms with van der Waals surface area (Å²) in [7, 11) is 0. The van der Waals surface area contributed by atoms with Crippen LogP contribution in [-0.2, 0) is 105 Å². The molecule has 4 saturated carbocycles. The van der Waals surface area contributed by atoms with E-state index in [-0.39, 0.29) is 96.3 Å². The van der Waals surface area contributed by atoms with E-state index >= 15 is 19.2 Å². The molecular weight excluding hydrogens is 1810 g/mol. The second-order valence-corrected chi connectivity index (χ2v) is 38.5. The van der Waals surface area contributed by atoms with Crippen molar-refractivity contribution in [2.45, 2.75) is 261 Å². The lowest BCUT2D eigenvalue weighted by molar-refractivity contribution is -0.346. The number of fused-ring (bicyclic) bond motifs is 10. The monoisotopic (exact) mass is 1930 g/mol. The molecule has 2 amide bonds. The van der Waals surface area contributed by atoms with Crippen LogP contribution in [0.2, 0.25) is 0 Å². The molecule has 1 unspecified atom stereocenters. The minimum Gasteiger partial charge on any atom is -0.455 e. The first-order chi connectivity index (χ1) is 66.3. The Balaban J connectivity index is 0.000000236. The number of unbranched alkanes of at least 4 members (excludes halogenated alkanes) is 1. The fourth-order valence-electron chi connectivity index (χ4n) is 21.9. The van der Waals surface area contributed by atoms with E-state index in [9.17, 15) is 78.6 Å². The number of carbonyl (C=O) groups is 14. The summed E-state index contributed by atoms with van der Waals surface area (Å²) >= 11 is 0. The van der Waals surface area contributed by atoms with Crippen LogP contribution in [-0.4, -0.2) is 235 Å². The van der Waals surface area contributed by atoms with Gasteiger partial charge in [-0.15, -0.1) is 6.58 Å². The summed E-state index contributed by atoms with van der Waals surface area (Å²) in [5.41, 5.74) is -14.8. The minimum absolute atomic E-state index is 0.0116. The molecule has 6 aromatic carbocycles. The van der Waals surface area contributed by atoms with E-state index in [1.807, 2.05) is 0 Å². The molecule has 746 valence electrons. The van der Waals surface area contributed by atoms with Crippen LogP contribution in [0.1, 0.15) is 212 Å². The quantitative estimate of drug-likeness (QED) is 0.00868. The van der Waals surface area contributed by atoms with Crippen molar-refractivity contribution in [1.82, 2.24) is 10.6 Å². The molecule has 140 heavy (non-hydrogen) atoms. The number of hydrogen-bond donors (Lipinski definition) is 8. The molecule has 6 fully saturated rings. The number of hydrogen-bond acceptors (Lipinski definition) is 32. The van der Waals surface area contributed by atoms with Gasteiger partial charge in [0.2, 0.25) is 12.2 Å². The molecule has 0 spiro atoms. The first-order valence-electron chi connectivity index (χ1n) is 46.6. The van der Waals surface area contributed by atoms with E-state index < -0.39 is 250 Å². The highest BCUT2D eigenvalue weighted by molar-refractivity contribution is 5.99. The van der Waals surface area contributed by atoms with Gasteiger partial charge in [0.05, 0.1) is 71.9 Å². The Morgan fingerprint density at radius 2 is 0.793 bits per heavy atom. The number of aliphatic hydroxyl groups is 6. The molecule has 14 rings (SSSR count). The molecule has 0 aromatic heterocycles. The number of benzene rings is 6. The average Bonchev–Trinajstić information content (AvgIpc) is 0.670. The Kier molecular flexibility index (Phi) is 31.6. The molecule has 34 nitrogen and oxygen atoms in total. The van der Waals surface area contributed by atoms with Crippen LogP contribution < -0.4 is 10.6 Å². The molecule has 0 radical (unpaired) electrons. The number of carbonyl (C=O) groups excluding carboxylic acids is 14. The predicted molar refractivity (Wildman–Crippen MR) is 494 cm³/mol. The standard InChI is InChI=1S/C53H61NO17.C53H59NO15/c1-29-36(68-49(64)43(69-39(60)24-16-23-35(58)27-55)41(32-17-10-7-11-18-32)54-47(62)33-19-12-8-13-20-33)26-53(65)46(70-48(63)34-21-14-9-15-22-34)44-51(6,37(59)25-38-52(44,28-66-38)71-31(3)57)45(61)42(67-30(2)56)40(29)50(53,4)5;1-8-9-13-26-39(58)67-43(41(33-20-14-10-15-21-33)54-47(60)34-22-16-11-17-23-34)49(62)66-36-28-53(63)46(68-48(61)35-24-18-12-19-25-35)44-51(7,37(57)27-38-52(44,29-64-38)69-32(4)56)45(59)42(65-31(3)55)40(30(36)2)50(53,5)6/h7-15,17-22,35-38,41-44,46,55,58-59,65H,16,23-28H2,1-6H3,(H,54,62);8,10-12,14-25,36-38,41-44,46,57,63H,1,9,13,26-29H2,2-7H3,(H,54,60)/t35?,36-,37-,38+,41-,42+,43+,44-,46-,51+,52-,53+;36-,37-,38+,41-,42+,43+,44-,46-,51+,52-,53+/m00/s1. The van der Waals surface area contributed by atoms with Crippen LogP contribution in [0.25, 0.3) is 0 Å². The molecule has 34 heteroatoms. The highest BCUT2D eigenvalue weighted by atomic mass is 16.7. The Labute approximate surface area is 809 Å². The predicted octanol–water partition coefficient (Wildman–Crippen LogP) is 9.45. The van der Waals surface area contributed by atoms with Crippen LogP contribution in [0.4, 0.5) is 0 Å². The van der Waals surface area contributed by atoms with Crippen molar-refractivity contribution in [3.05, 3.63) is 250 Å². The van der Waals surface area contributed by atoms with Gasteiger partial charge in [-0.1, -0.05) is 167 Å². The van der Waals surface area contributed by atoms with Gasteiger partial charge in [0.1, 0.15) is 59.9 Å². The summed E-state index contributed by atoms with van der Waals surface area (Å²) in [6.45, 7) is 18.9. The fourth-order valence-corrected chi connectivity index (χ4v) is 21.9. The summed E-state index contributed by atoms with van der Waals surface area (Å²) in [4.78, 5) is 198. The van der Waals surface area contributed by atoms with Crippen LogP contribution in [0.5, 0.6) is 0 Å².